The van der Waals surface area contributed by atoms with E-state index in [0.29, 0.717) is 24.5 Å². The number of hydrogen-bond donors (Lipinski definition) is 3. The zero-order chi connectivity index (χ0) is 19.9. The van der Waals surface area contributed by atoms with Crippen molar-refractivity contribution in [2.24, 2.45) is 5.84 Å². The van der Waals surface area contributed by atoms with Crippen molar-refractivity contribution in [3.05, 3.63) is 71.1 Å². The Labute approximate surface area is 161 Å². The van der Waals surface area contributed by atoms with E-state index in [1.807, 2.05) is 29.8 Å². The van der Waals surface area contributed by atoms with Crippen LogP contribution in [0.3, 0.4) is 0 Å². The summed E-state index contributed by atoms with van der Waals surface area (Å²) in [7, 11) is -4.34. The van der Waals surface area contributed by atoms with Crippen molar-refractivity contribution in [3.8, 4) is 0 Å². The van der Waals surface area contributed by atoms with Gasteiger partial charge in [-0.2, -0.15) is 8.42 Å². The van der Waals surface area contributed by atoms with E-state index in [2.05, 4.69) is 10.3 Å². The maximum atomic E-state index is 11.0. The summed E-state index contributed by atoms with van der Waals surface area (Å²) in [5.41, 5.74) is 3.26. The third-order valence-electron chi connectivity index (χ3n) is 4.23. The van der Waals surface area contributed by atoms with Crippen LogP contribution in [0.4, 0.5) is 5.69 Å². The van der Waals surface area contributed by atoms with Gasteiger partial charge < -0.3 is 9.43 Å². The molecular formula is C17H18N6O4S. The van der Waals surface area contributed by atoms with Gasteiger partial charge in [-0.3, -0.25) is 9.27 Å². The van der Waals surface area contributed by atoms with Crippen LogP contribution < -0.4 is 10.6 Å². The van der Waals surface area contributed by atoms with Gasteiger partial charge in [0, 0.05) is 6.20 Å². The van der Waals surface area contributed by atoms with Crippen LogP contribution in [0.5, 0.6) is 0 Å². The van der Waals surface area contributed by atoms with Crippen LogP contribution in [-0.4, -0.2) is 33.0 Å². The second-order valence-electron chi connectivity index (χ2n) is 6.45. The molecule has 28 heavy (non-hydrogen) atoms. The van der Waals surface area contributed by atoms with E-state index in [-0.39, 0.29) is 5.69 Å². The van der Waals surface area contributed by atoms with Gasteiger partial charge >= 0.3 is 10.3 Å². The lowest BCUT2D eigenvalue weighted by atomic mass is 10.1. The Bertz CT molecular complexity index is 1160. The van der Waals surface area contributed by atoms with Crippen molar-refractivity contribution in [1.29, 1.82) is 0 Å². The first kappa shape index (κ1) is 18.2. The number of aryl methyl sites for hydroxylation is 1. The van der Waals surface area contributed by atoms with Crippen LogP contribution in [0.2, 0.25) is 0 Å². The maximum Gasteiger partial charge on any atom is 0.357 e. The molecule has 11 heteroatoms. The second kappa shape index (κ2) is 6.78. The van der Waals surface area contributed by atoms with Crippen molar-refractivity contribution in [1.82, 2.24) is 20.0 Å². The zero-order valence-corrected chi connectivity index (χ0v) is 15.7. The normalized spacial score (nSPS) is 14.0. The van der Waals surface area contributed by atoms with E-state index < -0.39 is 10.3 Å². The highest BCUT2D eigenvalue weighted by Gasteiger charge is 2.25. The summed E-state index contributed by atoms with van der Waals surface area (Å²) < 4.78 is 40.4. The lowest BCUT2D eigenvalue weighted by Gasteiger charge is -2.21. The summed E-state index contributed by atoms with van der Waals surface area (Å²) in [6.45, 7) is 2.62. The standard InChI is InChI=1S/C17H18N6O4S/c1-11-5-6-16(27-11)14-9-22(18)10-15-17(14)19-21-23(15)8-12-3-2-4-13(7-12)20-28(24,25)26/h2-7,9,20H,8,10,18H2,1H3,(H,24,25,26). The fourth-order valence-corrected chi connectivity index (χ4v) is 3.51. The number of furan rings is 1. The molecule has 4 N–H and O–H groups in total. The van der Waals surface area contributed by atoms with E-state index in [0.717, 1.165) is 22.6 Å². The van der Waals surface area contributed by atoms with E-state index in [9.17, 15) is 8.42 Å². The van der Waals surface area contributed by atoms with Crippen molar-refractivity contribution < 1.29 is 17.4 Å². The lowest BCUT2D eigenvalue weighted by molar-refractivity contribution is 0.365. The minimum atomic E-state index is -4.34. The van der Waals surface area contributed by atoms with Gasteiger partial charge in [0.2, 0.25) is 0 Å². The van der Waals surface area contributed by atoms with Crippen LogP contribution in [0.1, 0.15) is 28.5 Å². The molecule has 1 aliphatic heterocycles. The molecule has 10 nitrogen and oxygen atoms in total. The molecular weight excluding hydrogens is 384 g/mol. The molecule has 4 rings (SSSR count). The molecule has 3 heterocycles. The monoisotopic (exact) mass is 402 g/mol. The van der Waals surface area contributed by atoms with Crippen molar-refractivity contribution in [2.75, 3.05) is 4.72 Å². The average Bonchev–Trinajstić information content (AvgIpc) is 3.20. The Kier molecular flexibility index (Phi) is 4.41. The minimum absolute atomic E-state index is 0.251. The summed E-state index contributed by atoms with van der Waals surface area (Å²) in [5, 5.41) is 10.0. The number of rotatable bonds is 5. The first-order valence-electron chi connectivity index (χ1n) is 8.35. The Morgan fingerprint density at radius 2 is 2.14 bits per heavy atom. The molecule has 0 spiro atoms. The summed E-state index contributed by atoms with van der Waals surface area (Å²) >= 11 is 0. The van der Waals surface area contributed by atoms with Crippen LogP contribution in [0.15, 0.2) is 47.0 Å². The first-order valence-corrected chi connectivity index (χ1v) is 9.79. The zero-order valence-electron chi connectivity index (χ0n) is 14.9. The molecule has 0 radical (unpaired) electrons. The SMILES string of the molecule is Cc1ccc(C2=CN(N)Cc3c2nnn3Cc2cccc(NS(=O)(=O)O)c2)o1. The van der Waals surface area contributed by atoms with Gasteiger partial charge in [0.25, 0.3) is 0 Å². The number of nitrogens with one attached hydrogen (secondary N) is 1. The van der Waals surface area contributed by atoms with Crippen LogP contribution in [0, 0.1) is 6.92 Å². The smallest absolute Gasteiger partial charge is 0.357 e. The predicted molar refractivity (Wildman–Crippen MR) is 101 cm³/mol. The van der Waals surface area contributed by atoms with E-state index in [1.54, 1.807) is 23.0 Å². The minimum Gasteiger partial charge on any atom is -0.461 e. The number of hydrogen-bond acceptors (Lipinski definition) is 7. The third kappa shape index (κ3) is 3.76. The molecule has 146 valence electrons. The Morgan fingerprint density at radius 3 is 2.86 bits per heavy atom. The number of anilines is 1. The molecule has 0 saturated heterocycles. The molecule has 1 aliphatic rings. The highest BCUT2D eigenvalue weighted by molar-refractivity contribution is 7.87. The summed E-state index contributed by atoms with van der Waals surface area (Å²) in [5.74, 6) is 7.47. The molecule has 0 saturated carbocycles. The summed E-state index contributed by atoms with van der Waals surface area (Å²) in [4.78, 5) is 0. The quantitative estimate of drug-likeness (QED) is 0.431. The summed E-state index contributed by atoms with van der Waals surface area (Å²) in [6, 6.07) is 10.4. The topological polar surface area (TPSA) is 140 Å². The van der Waals surface area contributed by atoms with Crippen LogP contribution in [-0.2, 0) is 23.4 Å². The molecule has 3 aromatic rings. The number of aromatic nitrogens is 3. The Morgan fingerprint density at radius 1 is 1.32 bits per heavy atom. The lowest BCUT2D eigenvalue weighted by Crippen LogP contribution is -2.29. The number of hydrazine groups is 1. The second-order valence-corrected chi connectivity index (χ2v) is 7.60. The molecule has 2 aromatic heterocycles. The summed E-state index contributed by atoms with van der Waals surface area (Å²) in [6.07, 6.45) is 1.76. The van der Waals surface area contributed by atoms with Crippen molar-refractivity contribution in [2.45, 2.75) is 20.0 Å². The van der Waals surface area contributed by atoms with Crippen LogP contribution in [0.25, 0.3) is 5.57 Å². The maximum absolute atomic E-state index is 11.0. The highest BCUT2D eigenvalue weighted by atomic mass is 32.2. The van der Waals surface area contributed by atoms with Gasteiger partial charge in [-0.1, -0.05) is 17.3 Å². The van der Waals surface area contributed by atoms with Crippen molar-refractivity contribution >= 4 is 21.6 Å². The number of benzene rings is 1. The van der Waals surface area contributed by atoms with Gasteiger partial charge in [-0.05, 0) is 36.8 Å². The number of nitrogens with two attached hydrogens (primary N) is 1. The molecule has 0 amide bonds. The van der Waals surface area contributed by atoms with Gasteiger partial charge in [-0.25, -0.2) is 10.5 Å². The largest absolute Gasteiger partial charge is 0.461 e. The van der Waals surface area contributed by atoms with E-state index >= 15 is 0 Å². The molecule has 0 bridgehead atoms. The fraction of sp³-hybridized carbons (Fsp3) is 0.176. The van der Waals surface area contributed by atoms with Gasteiger partial charge in [-0.15, -0.1) is 5.10 Å². The van der Waals surface area contributed by atoms with E-state index in [4.69, 9.17) is 14.8 Å². The molecule has 1 aromatic carbocycles. The van der Waals surface area contributed by atoms with E-state index in [1.165, 1.54) is 11.1 Å². The number of fused-ring (bicyclic) bond motifs is 1. The third-order valence-corrected chi connectivity index (χ3v) is 4.73. The highest BCUT2D eigenvalue weighted by Crippen LogP contribution is 2.30. The molecule has 0 unspecified atom stereocenters. The molecule has 0 aliphatic carbocycles. The van der Waals surface area contributed by atoms with Gasteiger partial charge in [0.15, 0.2) is 0 Å². The Hall–Kier alpha value is -3.15. The Balaban J connectivity index is 1.65. The van der Waals surface area contributed by atoms with Gasteiger partial charge in [0.1, 0.15) is 17.2 Å². The average molecular weight is 402 g/mol. The predicted octanol–water partition coefficient (Wildman–Crippen LogP) is 1.52. The number of nitrogens with zero attached hydrogens (tertiary/aromatic N) is 4. The molecule has 0 atom stereocenters. The first-order chi connectivity index (χ1) is 13.3. The molecule has 0 fully saturated rings. The van der Waals surface area contributed by atoms with Gasteiger partial charge in [0.05, 0.1) is 30.0 Å². The van der Waals surface area contributed by atoms with Crippen molar-refractivity contribution in [3.63, 3.8) is 0 Å². The fourth-order valence-electron chi connectivity index (χ4n) is 3.09. The van der Waals surface area contributed by atoms with Crippen LogP contribution >= 0.6 is 0 Å².